The predicted octanol–water partition coefficient (Wildman–Crippen LogP) is 4.33. The third-order valence-corrected chi connectivity index (χ3v) is 5.79. The minimum Gasteiger partial charge on any atom is -0.480 e. The SMILES string of the molecule is CC(O)C(N)C(=O)O.CCCCC(CC)COP(=O)(O)OCC(CC)CCCC. The van der Waals surface area contributed by atoms with Crippen LogP contribution in [0.5, 0.6) is 0 Å². The molecule has 8 nitrogen and oxygen atoms in total. The van der Waals surface area contributed by atoms with Crippen molar-refractivity contribution in [2.24, 2.45) is 17.6 Å². The first-order valence-corrected chi connectivity index (χ1v) is 12.3. The van der Waals surface area contributed by atoms with E-state index in [4.69, 9.17) is 25.0 Å². The molecule has 0 bridgehead atoms. The van der Waals surface area contributed by atoms with E-state index in [1.54, 1.807) is 0 Å². The highest BCUT2D eigenvalue weighted by molar-refractivity contribution is 7.47. The van der Waals surface area contributed by atoms with Gasteiger partial charge < -0.3 is 20.8 Å². The Morgan fingerprint density at radius 3 is 1.55 bits per heavy atom. The monoisotopic (exact) mass is 441 g/mol. The molecule has 0 fully saturated rings. The van der Waals surface area contributed by atoms with Gasteiger partial charge in [0.1, 0.15) is 6.04 Å². The molecule has 0 spiro atoms. The number of phosphoric acid groups is 1. The van der Waals surface area contributed by atoms with Crippen LogP contribution in [0.25, 0.3) is 0 Å². The Hall–Kier alpha value is -0.500. The Kier molecular flexibility index (Phi) is 19.3. The van der Waals surface area contributed by atoms with Gasteiger partial charge in [0.05, 0.1) is 19.3 Å². The number of carboxylic acids is 1. The van der Waals surface area contributed by atoms with Gasteiger partial charge in [-0.05, 0) is 31.6 Å². The predicted molar refractivity (Wildman–Crippen MR) is 116 cm³/mol. The number of hydrogen-bond acceptors (Lipinski definition) is 6. The highest BCUT2D eigenvalue weighted by Crippen LogP contribution is 2.44. The van der Waals surface area contributed by atoms with Gasteiger partial charge in [-0.1, -0.05) is 66.2 Å². The number of nitrogens with two attached hydrogens (primary N) is 1. The normalized spacial score (nSPS) is 17.4. The van der Waals surface area contributed by atoms with Gasteiger partial charge in [0.15, 0.2) is 0 Å². The van der Waals surface area contributed by atoms with Crippen molar-refractivity contribution in [1.29, 1.82) is 0 Å². The number of carboxylic acid groups (broad SMARTS) is 1. The minimum absolute atomic E-state index is 0.316. The smallest absolute Gasteiger partial charge is 0.472 e. The van der Waals surface area contributed by atoms with E-state index >= 15 is 0 Å². The lowest BCUT2D eigenvalue weighted by Gasteiger charge is -2.20. The summed E-state index contributed by atoms with van der Waals surface area (Å²) in [6, 6.07) is -1.16. The lowest BCUT2D eigenvalue weighted by Crippen LogP contribution is -2.39. The van der Waals surface area contributed by atoms with Gasteiger partial charge in [-0.15, -0.1) is 0 Å². The molecule has 5 N–H and O–H groups in total. The average Bonchev–Trinajstić information content (AvgIpc) is 2.68. The van der Waals surface area contributed by atoms with Crippen molar-refractivity contribution in [2.45, 2.75) is 98.1 Å². The summed E-state index contributed by atoms with van der Waals surface area (Å²) in [5, 5.41) is 16.6. The van der Waals surface area contributed by atoms with Crippen LogP contribution in [0.3, 0.4) is 0 Å². The first-order valence-electron chi connectivity index (χ1n) is 10.8. The number of hydrogen-bond donors (Lipinski definition) is 4. The van der Waals surface area contributed by atoms with Gasteiger partial charge in [-0.25, -0.2) is 4.57 Å². The number of aliphatic hydroxyl groups is 1. The van der Waals surface area contributed by atoms with Gasteiger partial charge in [0, 0.05) is 0 Å². The first-order chi connectivity index (χ1) is 13.5. The largest absolute Gasteiger partial charge is 0.480 e. The maximum Gasteiger partial charge on any atom is 0.472 e. The number of aliphatic carboxylic acids is 1. The second kappa shape index (κ2) is 18.3. The molecular weight excluding hydrogens is 397 g/mol. The average molecular weight is 442 g/mol. The summed E-state index contributed by atoms with van der Waals surface area (Å²) in [7, 11) is -3.89. The molecule has 0 amide bonds. The fourth-order valence-corrected chi connectivity index (χ4v) is 3.31. The zero-order valence-corrected chi connectivity index (χ0v) is 19.8. The minimum atomic E-state index is -3.89. The summed E-state index contributed by atoms with van der Waals surface area (Å²) in [6.45, 7) is 10.4. The Balaban J connectivity index is 0. The number of carbonyl (C=O) groups is 1. The van der Waals surface area contributed by atoms with Gasteiger partial charge in [-0.3, -0.25) is 13.8 Å². The molecule has 0 aromatic heterocycles. The molecule has 29 heavy (non-hydrogen) atoms. The van der Waals surface area contributed by atoms with E-state index < -0.39 is 25.9 Å². The van der Waals surface area contributed by atoms with Crippen LogP contribution in [0.15, 0.2) is 0 Å². The standard InChI is InChI=1S/C16H35O4P.C4H9NO3/c1-5-9-11-15(7-3)13-19-21(17,18)20-14-16(8-4)12-10-6-2;1-2(6)3(5)4(7)8/h15-16H,5-14H2,1-4H3,(H,17,18);2-3,6H,5H2,1H3,(H,7,8). The lowest BCUT2D eigenvalue weighted by molar-refractivity contribution is -0.140. The second-order valence-electron chi connectivity index (χ2n) is 7.50. The van der Waals surface area contributed by atoms with E-state index in [1.165, 1.54) is 6.92 Å². The van der Waals surface area contributed by atoms with E-state index in [0.717, 1.165) is 51.4 Å². The summed E-state index contributed by atoms with van der Waals surface area (Å²) in [5.74, 6) is -0.493. The number of aliphatic hydroxyl groups excluding tert-OH is 1. The molecule has 176 valence electrons. The molecule has 0 aliphatic rings. The molecule has 0 radical (unpaired) electrons. The van der Waals surface area contributed by atoms with Gasteiger partial charge >= 0.3 is 13.8 Å². The highest BCUT2D eigenvalue weighted by Gasteiger charge is 2.24. The van der Waals surface area contributed by atoms with Crippen LogP contribution in [0.2, 0.25) is 0 Å². The van der Waals surface area contributed by atoms with Crippen LogP contribution in [0.4, 0.5) is 0 Å². The quantitative estimate of drug-likeness (QED) is 0.260. The first kappa shape index (κ1) is 30.7. The third kappa shape index (κ3) is 18.0. The summed E-state index contributed by atoms with van der Waals surface area (Å²) >= 11 is 0. The van der Waals surface area contributed by atoms with Crippen molar-refractivity contribution in [3.05, 3.63) is 0 Å². The maximum atomic E-state index is 11.9. The zero-order chi connectivity index (χ0) is 22.9. The Bertz CT molecular complexity index is 425. The van der Waals surface area contributed by atoms with Gasteiger partial charge in [-0.2, -0.15) is 0 Å². The molecule has 0 saturated carbocycles. The molecule has 0 aromatic carbocycles. The second-order valence-corrected chi connectivity index (χ2v) is 8.95. The lowest BCUT2D eigenvalue weighted by atomic mass is 10.0. The fourth-order valence-electron chi connectivity index (χ4n) is 2.44. The van der Waals surface area contributed by atoms with E-state index in [0.29, 0.717) is 25.0 Å². The Morgan fingerprint density at radius 1 is 0.966 bits per heavy atom. The highest BCUT2D eigenvalue weighted by atomic mass is 31.2. The number of unbranched alkanes of at least 4 members (excludes halogenated alkanes) is 2. The Labute approximate surface area is 176 Å². The summed E-state index contributed by atoms with van der Waals surface area (Å²) in [5.41, 5.74) is 4.91. The molecule has 9 heteroatoms. The van der Waals surface area contributed by atoms with E-state index in [2.05, 4.69) is 27.7 Å². The van der Waals surface area contributed by atoms with Crippen molar-refractivity contribution in [3.8, 4) is 0 Å². The molecule has 0 aliphatic carbocycles. The van der Waals surface area contributed by atoms with Crippen LogP contribution in [-0.2, 0) is 18.4 Å². The van der Waals surface area contributed by atoms with Crippen molar-refractivity contribution in [3.63, 3.8) is 0 Å². The maximum absolute atomic E-state index is 11.9. The molecule has 0 rings (SSSR count). The van der Waals surface area contributed by atoms with Crippen molar-refractivity contribution in [2.75, 3.05) is 13.2 Å². The number of rotatable bonds is 16. The van der Waals surface area contributed by atoms with Crippen LogP contribution in [0, 0.1) is 11.8 Å². The van der Waals surface area contributed by atoms with Crippen molar-refractivity contribution >= 4 is 13.8 Å². The molecular formula is C20H44NO7P. The van der Waals surface area contributed by atoms with Gasteiger partial charge in [0.2, 0.25) is 0 Å². The van der Waals surface area contributed by atoms with Crippen LogP contribution in [0.1, 0.15) is 86.0 Å². The molecule has 0 aromatic rings. The molecule has 0 saturated heterocycles. The van der Waals surface area contributed by atoms with E-state index in [9.17, 15) is 14.3 Å². The molecule has 0 aliphatic heterocycles. The Morgan fingerprint density at radius 2 is 1.34 bits per heavy atom. The zero-order valence-electron chi connectivity index (χ0n) is 18.9. The van der Waals surface area contributed by atoms with Gasteiger partial charge in [0.25, 0.3) is 0 Å². The van der Waals surface area contributed by atoms with E-state index in [-0.39, 0.29) is 0 Å². The molecule has 4 atom stereocenters. The topological polar surface area (TPSA) is 139 Å². The van der Waals surface area contributed by atoms with E-state index in [1.807, 2.05) is 0 Å². The van der Waals surface area contributed by atoms with Crippen LogP contribution in [-0.4, -0.2) is 46.4 Å². The van der Waals surface area contributed by atoms with Crippen molar-refractivity contribution < 1.29 is 33.5 Å². The summed E-state index contributed by atoms with van der Waals surface area (Å²) in [4.78, 5) is 19.6. The third-order valence-electron chi connectivity index (χ3n) is 4.84. The molecule has 4 unspecified atom stereocenters. The van der Waals surface area contributed by atoms with Crippen LogP contribution < -0.4 is 5.73 Å². The number of phosphoric ester groups is 1. The fraction of sp³-hybridized carbons (Fsp3) is 0.950. The van der Waals surface area contributed by atoms with Crippen LogP contribution >= 0.6 is 7.82 Å². The van der Waals surface area contributed by atoms with Crippen molar-refractivity contribution in [1.82, 2.24) is 0 Å². The molecule has 0 heterocycles. The summed E-state index contributed by atoms with van der Waals surface area (Å²) in [6.07, 6.45) is 7.58. The summed E-state index contributed by atoms with van der Waals surface area (Å²) < 4.78 is 22.2.